The SMILES string of the molecule is CC(C)n1cc(NC(=O)C2CNCCO2)cn1. The van der Waals surface area contributed by atoms with E-state index in [1.165, 1.54) is 0 Å². The minimum absolute atomic E-state index is 0.125. The second kappa shape index (κ2) is 5.29. The fourth-order valence-corrected chi connectivity index (χ4v) is 1.64. The fraction of sp³-hybridized carbons (Fsp3) is 0.636. The van der Waals surface area contributed by atoms with Gasteiger partial charge in [0, 0.05) is 25.3 Å². The molecule has 1 unspecified atom stereocenters. The van der Waals surface area contributed by atoms with Crippen LogP contribution in [0.15, 0.2) is 12.4 Å². The van der Waals surface area contributed by atoms with E-state index in [1.54, 1.807) is 10.9 Å². The summed E-state index contributed by atoms with van der Waals surface area (Å²) in [6.45, 7) is 6.00. The van der Waals surface area contributed by atoms with Gasteiger partial charge in [-0.25, -0.2) is 0 Å². The zero-order valence-electron chi connectivity index (χ0n) is 10.1. The van der Waals surface area contributed by atoms with Crippen molar-refractivity contribution in [3.8, 4) is 0 Å². The first-order valence-electron chi connectivity index (χ1n) is 5.84. The molecule has 1 saturated heterocycles. The summed E-state index contributed by atoms with van der Waals surface area (Å²) >= 11 is 0. The van der Waals surface area contributed by atoms with Crippen LogP contribution in [0, 0.1) is 0 Å². The monoisotopic (exact) mass is 238 g/mol. The van der Waals surface area contributed by atoms with E-state index in [2.05, 4.69) is 15.7 Å². The number of rotatable bonds is 3. The number of hydrogen-bond acceptors (Lipinski definition) is 4. The van der Waals surface area contributed by atoms with Crippen LogP contribution in [0.3, 0.4) is 0 Å². The van der Waals surface area contributed by atoms with Gasteiger partial charge < -0.3 is 15.4 Å². The summed E-state index contributed by atoms with van der Waals surface area (Å²) in [5, 5.41) is 10.1. The molecule has 0 saturated carbocycles. The lowest BCUT2D eigenvalue weighted by molar-refractivity contribution is -0.128. The van der Waals surface area contributed by atoms with Crippen molar-refractivity contribution in [1.82, 2.24) is 15.1 Å². The van der Waals surface area contributed by atoms with Gasteiger partial charge >= 0.3 is 0 Å². The molecule has 0 spiro atoms. The average molecular weight is 238 g/mol. The van der Waals surface area contributed by atoms with Crippen LogP contribution in [-0.2, 0) is 9.53 Å². The van der Waals surface area contributed by atoms with Gasteiger partial charge in [-0.1, -0.05) is 0 Å². The molecule has 17 heavy (non-hydrogen) atoms. The van der Waals surface area contributed by atoms with E-state index in [-0.39, 0.29) is 11.9 Å². The second-order valence-electron chi connectivity index (χ2n) is 4.36. The fourth-order valence-electron chi connectivity index (χ4n) is 1.64. The minimum Gasteiger partial charge on any atom is -0.366 e. The zero-order valence-corrected chi connectivity index (χ0v) is 10.1. The van der Waals surface area contributed by atoms with Gasteiger partial charge in [0.2, 0.25) is 0 Å². The highest BCUT2D eigenvalue weighted by atomic mass is 16.5. The highest BCUT2D eigenvalue weighted by molar-refractivity contribution is 5.94. The normalized spacial score (nSPS) is 20.5. The molecule has 1 atom stereocenters. The molecule has 0 aromatic carbocycles. The summed E-state index contributed by atoms with van der Waals surface area (Å²) in [4.78, 5) is 11.8. The average Bonchev–Trinajstić information content (AvgIpc) is 2.79. The standard InChI is InChI=1S/C11H18N4O2/c1-8(2)15-7-9(5-13-15)14-11(16)10-6-12-3-4-17-10/h5,7-8,10,12H,3-4,6H2,1-2H3,(H,14,16). The number of aromatic nitrogens is 2. The molecule has 0 bridgehead atoms. The van der Waals surface area contributed by atoms with Crippen LogP contribution < -0.4 is 10.6 Å². The Balaban J connectivity index is 1.92. The predicted molar refractivity (Wildman–Crippen MR) is 63.9 cm³/mol. The van der Waals surface area contributed by atoms with Crippen LogP contribution in [0.4, 0.5) is 5.69 Å². The number of carbonyl (C=O) groups is 1. The Bertz CT molecular complexity index is 383. The summed E-state index contributed by atoms with van der Waals surface area (Å²) < 4.78 is 7.17. The number of amides is 1. The molecule has 2 N–H and O–H groups in total. The summed E-state index contributed by atoms with van der Waals surface area (Å²) in [6, 6.07) is 0.285. The van der Waals surface area contributed by atoms with Gasteiger partial charge in [-0.3, -0.25) is 9.48 Å². The zero-order chi connectivity index (χ0) is 12.3. The molecule has 2 heterocycles. The number of hydrogen-bond donors (Lipinski definition) is 2. The minimum atomic E-state index is -0.411. The summed E-state index contributed by atoms with van der Waals surface area (Å²) in [5.74, 6) is -0.125. The van der Waals surface area contributed by atoms with Crippen LogP contribution in [0.5, 0.6) is 0 Å². The van der Waals surface area contributed by atoms with Gasteiger partial charge in [-0.05, 0) is 13.8 Å². The molecule has 6 nitrogen and oxygen atoms in total. The first kappa shape index (κ1) is 12.1. The lowest BCUT2D eigenvalue weighted by Crippen LogP contribution is -2.45. The van der Waals surface area contributed by atoms with E-state index < -0.39 is 6.10 Å². The third-order valence-electron chi connectivity index (χ3n) is 2.62. The summed E-state index contributed by atoms with van der Waals surface area (Å²) in [7, 11) is 0. The Morgan fingerprint density at radius 3 is 3.12 bits per heavy atom. The van der Waals surface area contributed by atoms with Gasteiger partial charge in [-0.15, -0.1) is 0 Å². The first-order chi connectivity index (χ1) is 8.16. The van der Waals surface area contributed by atoms with Crippen molar-refractivity contribution in [2.24, 2.45) is 0 Å². The molecule has 1 fully saturated rings. The predicted octanol–water partition coefficient (Wildman–Crippen LogP) is 0.391. The van der Waals surface area contributed by atoms with E-state index in [4.69, 9.17) is 4.74 Å². The van der Waals surface area contributed by atoms with Crippen molar-refractivity contribution in [3.63, 3.8) is 0 Å². The third-order valence-corrected chi connectivity index (χ3v) is 2.62. The largest absolute Gasteiger partial charge is 0.366 e. The van der Waals surface area contributed by atoms with Crippen molar-refractivity contribution in [1.29, 1.82) is 0 Å². The Labute approximate surface area is 100 Å². The van der Waals surface area contributed by atoms with Gasteiger partial charge in [0.1, 0.15) is 6.10 Å². The van der Waals surface area contributed by atoms with Crippen molar-refractivity contribution in [2.75, 3.05) is 25.0 Å². The molecule has 0 radical (unpaired) electrons. The Hall–Kier alpha value is -1.40. The molecule has 1 aliphatic rings. The maximum Gasteiger partial charge on any atom is 0.254 e. The second-order valence-corrected chi connectivity index (χ2v) is 4.36. The van der Waals surface area contributed by atoms with E-state index in [0.29, 0.717) is 18.8 Å². The number of anilines is 1. The molecule has 1 aliphatic heterocycles. The topological polar surface area (TPSA) is 68.2 Å². The summed E-state index contributed by atoms with van der Waals surface area (Å²) in [5.41, 5.74) is 0.706. The molecule has 0 aliphatic carbocycles. The van der Waals surface area contributed by atoms with E-state index >= 15 is 0 Å². The highest BCUT2D eigenvalue weighted by Crippen LogP contribution is 2.10. The molecular formula is C11H18N4O2. The van der Waals surface area contributed by atoms with E-state index in [1.807, 2.05) is 20.0 Å². The number of morpholine rings is 1. The molecule has 1 amide bonds. The van der Waals surface area contributed by atoms with Gasteiger partial charge in [0.25, 0.3) is 5.91 Å². The van der Waals surface area contributed by atoms with Gasteiger partial charge in [0.15, 0.2) is 0 Å². The molecule has 6 heteroatoms. The Kier molecular flexibility index (Phi) is 3.75. The lowest BCUT2D eigenvalue weighted by atomic mass is 10.3. The van der Waals surface area contributed by atoms with Crippen molar-refractivity contribution < 1.29 is 9.53 Å². The van der Waals surface area contributed by atoms with Crippen LogP contribution in [0.1, 0.15) is 19.9 Å². The number of ether oxygens (including phenoxy) is 1. The molecule has 1 aromatic heterocycles. The smallest absolute Gasteiger partial charge is 0.254 e. The lowest BCUT2D eigenvalue weighted by Gasteiger charge is -2.22. The maximum absolute atomic E-state index is 11.8. The highest BCUT2D eigenvalue weighted by Gasteiger charge is 2.22. The van der Waals surface area contributed by atoms with Gasteiger partial charge in [-0.2, -0.15) is 5.10 Å². The Morgan fingerprint density at radius 1 is 1.71 bits per heavy atom. The van der Waals surface area contributed by atoms with Crippen molar-refractivity contribution in [2.45, 2.75) is 26.0 Å². The van der Waals surface area contributed by atoms with Crippen molar-refractivity contribution in [3.05, 3.63) is 12.4 Å². The molecule has 94 valence electrons. The summed E-state index contributed by atoms with van der Waals surface area (Å²) in [6.07, 6.45) is 3.05. The van der Waals surface area contributed by atoms with Gasteiger partial charge in [0.05, 0.1) is 18.5 Å². The molecule has 1 aromatic rings. The quantitative estimate of drug-likeness (QED) is 0.799. The van der Waals surface area contributed by atoms with Crippen LogP contribution in [0.2, 0.25) is 0 Å². The van der Waals surface area contributed by atoms with E-state index in [0.717, 1.165) is 6.54 Å². The van der Waals surface area contributed by atoms with Crippen molar-refractivity contribution >= 4 is 11.6 Å². The third kappa shape index (κ3) is 3.04. The van der Waals surface area contributed by atoms with Crippen LogP contribution in [0.25, 0.3) is 0 Å². The van der Waals surface area contributed by atoms with E-state index in [9.17, 15) is 4.79 Å². The Morgan fingerprint density at radius 2 is 2.53 bits per heavy atom. The van der Waals surface area contributed by atoms with Crippen LogP contribution >= 0.6 is 0 Å². The molecule has 2 rings (SSSR count). The first-order valence-corrected chi connectivity index (χ1v) is 5.84. The number of nitrogens with one attached hydrogen (secondary N) is 2. The maximum atomic E-state index is 11.8. The molecular weight excluding hydrogens is 220 g/mol. The number of nitrogens with zero attached hydrogens (tertiary/aromatic N) is 2. The number of carbonyl (C=O) groups excluding carboxylic acids is 1. The van der Waals surface area contributed by atoms with Crippen LogP contribution in [-0.4, -0.2) is 41.5 Å².